The largest absolute Gasteiger partial charge is 0.524 e. The van der Waals surface area contributed by atoms with Crippen molar-refractivity contribution in [3.8, 4) is 5.75 Å². The molecule has 1 aliphatic rings. The lowest BCUT2D eigenvalue weighted by atomic mass is 9.92. The summed E-state index contributed by atoms with van der Waals surface area (Å²) in [5, 5.41) is 0. The fraction of sp³-hybridized carbons (Fsp3) is 0.500. The van der Waals surface area contributed by atoms with Crippen molar-refractivity contribution in [2.24, 2.45) is 5.92 Å². The minimum absolute atomic E-state index is 0.0507. The number of carbonyl (C=O) groups is 2. The molecule has 1 saturated heterocycles. The summed E-state index contributed by atoms with van der Waals surface area (Å²) in [6, 6.07) is 5.80. The quantitative estimate of drug-likeness (QED) is 0.565. The van der Waals surface area contributed by atoms with E-state index in [-0.39, 0.29) is 23.4 Å². The van der Waals surface area contributed by atoms with Crippen molar-refractivity contribution >= 4 is 19.4 Å². The molecule has 2 N–H and O–H groups in total. The molecule has 1 unspecified atom stereocenters. The number of likely N-dealkylation sites (tertiary alicyclic amines) is 1. The van der Waals surface area contributed by atoms with Gasteiger partial charge in [-0.05, 0) is 50.6 Å². The number of phosphoric ester groups is 1. The highest BCUT2D eigenvalue weighted by Gasteiger charge is 2.34. The van der Waals surface area contributed by atoms with E-state index in [0.717, 1.165) is 24.9 Å². The molecule has 8 heteroatoms. The summed E-state index contributed by atoms with van der Waals surface area (Å²) in [4.78, 5) is 44.0. The van der Waals surface area contributed by atoms with E-state index in [4.69, 9.17) is 9.79 Å². The number of phosphoric acid groups is 1. The van der Waals surface area contributed by atoms with Crippen molar-refractivity contribution in [2.75, 3.05) is 13.6 Å². The van der Waals surface area contributed by atoms with Crippen LogP contribution in [0.1, 0.15) is 25.3 Å². The third-order valence-corrected chi connectivity index (χ3v) is 4.65. The highest BCUT2D eigenvalue weighted by atomic mass is 31.2. The van der Waals surface area contributed by atoms with Crippen LogP contribution in [0.25, 0.3) is 0 Å². The predicted octanol–water partition coefficient (Wildman–Crippen LogP) is 1.57. The molecule has 1 heterocycles. The van der Waals surface area contributed by atoms with Crippen LogP contribution in [0.3, 0.4) is 0 Å². The van der Waals surface area contributed by atoms with Crippen LogP contribution in [0, 0.1) is 5.92 Å². The first-order valence-electron chi connectivity index (χ1n) is 7.80. The van der Waals surface area contributed by atoms with Gasteiger partial charge in [0.05, 0.1) is 6.04 Å². The van der Waals surface area contributed by atoms with E-state index in [1.807, 2.05) is 11.9 Å². The van der Waals surface area contributed by atoms with Gasteiger partial charge in [0.1, 0.15) is 5.75 Å². The molecule has 7 nitrogen and oxygen atoms in total. The maximum atomic E-state index is 12.3. The molecule has 1 fully saturated rings. The Hall–Kier alpha value is -1.53. The van der Waals surface area contributed by atoms with Crippen LogP contribution in [-0.4, -0.2) is 45.9 Å². The third kappa shape index (κ3) is 4.98. The monoisotopic (exact) mass is 355 g/mol. The summed E-state index contributed by atoms with van der Waals surface area (Å²) in [6.07, 6.45) is 2.04. The zero-order chi connectivity index (χ0) is 17.9. The second-order valence-corrected chi connectivity index (χ2v) is 7.36. The molecule has 24 heavy (non-hydrogen) atoms. The van der Waals surface area contributed by atoms with Gasteiger partial charge in [-0.3, -0.25) is 24.3 Å². The average molecular weight is 355 g/mol. The summed E-state index contributed by atoms with van der Waals surface area (Å²) >= 11 is 0. The Bertz CT molecular complexity index is 653. The van der Waals surface area contributed by atoms with Gasteiger partial charge in [0.15, 0.2) is 0 Å². The van der Waals surface area contributed by atoms with Crippen LogP contribution < -0.4 is 4.52 Å². The van der Waals surface area contributed by atoms with Crippen molar-refractivity contribution in [1.29, 1.82) is 0 Å². The maximum absolute atomic E-state index is 12.3. The molecule has 1 aliphatic heterocycles. The molecule has 0 saturated carbocycles. The number of Topliss-reactive ketones (excluding diaryl/α,β-unsaturated/α-hetero) is 2. The lowest BCUT2D eigenvalue weighted by Crippen LogP contribution is -2.39. The van der Waals surface area contributed by atoms with Crippen LogP contribution in [0.5, 0.6) is 5.75 Å². The molecule has 0 bridgehead atoms. The van der Waals surface area contributed by atoms with Crippen LogP contribution >= 0.6 is 7.82 Å². The van der Waals surface area contributed by atoms with E-state index in [9.17, 15) is 14.2 Å². The zero-order valence-electron chi connectivity index (χ0n) is 13.7. The second-order valence-electron chi connectivity index (χ2n) is 6.20. The molecule has 132 valence electrons. The highest BCUT2D eigenvalue weighted by Crippen LogP contribution is 2.37. The SMILES string of the molecule is CC(Cc1ccc(OP(=O)(O)O)cc1)C(=O)C(=O)[C@@H]1CCCN1C. The number of carbonyl (C=O) groups excluding carboxylic acids is 2. The summed E-state index contributed by atoms with van der Waals surface area (Å²) in [5.41, 5.74) is 0.793. The van der Waals surface area contributed by atoms with E-state index in [1.165, 1.54) is 12.1 Å². The molecule has 0 amide bonds. The Morgan fingerprint density at radius 2 is 1.96 bits per heavy atom. The van der Waals surface area contributed by atoms with Crippen molar-refractivity contribution in [2.45, 2.75) is 32.2 Å². The lowest BCUT2D eigenvalue weighted by molar-refractivity contribution is -0.141. The molecule has 1 aromatic carbocycles. The third-order valence-electron chi connectivity index (χ3n) is 4.20. The summed E-state index contributed by atoms with van der Waals surface area (Å²) in [6.45, 7) is 2.55. The van der Waals surface area contributed by atoms with Gasteiger partial charge in [-0.1, -0.05) is 19.1 Å². The molecule has 0 aromatic heterocycles. The van der Waals surface area contributed by atoms with Crippen LogP contribution in [0.4, 0.5) is 0 Å². The van der Waals surface area contributed by atoms with Gasteiger partial charge in [-0.15, -0.1) is 0 Å². The number of benzene rings is 1. The van der Waals surface area contributed by atoms with Gasteiger partial charge in [0.2, 0.25) is 11.6 Å². The van der Waals surface area contributed by atoms with Gasteiger partial charge in [-0.2, -0.15) is 0 Å². The van der Waals surface area contributed by atoms with Crippen LogP contribution in [0.2, 0.25) is 0 Å². The number of rotatable bonds is 7. The molecular weight excluding hydrogens is 333 g/mol. The first kappa shape index (κ1) is 18.8. The van der Waals surface area contributed by atoms with Gasteiger partial charge < -0.3 is 4.52 Å². The van der Waals surface area contributed by atoms with E-state index >= 15 is 0 Å². The molecule has 2 rings (SSSR count). The summed E-state index contributed by atoms with van der Waals surface area (Å²) in [7, 11) is -2.73. The van der Waals surface area contributed by atoms with Gasteiger partial charge in [-0.25, -0.2) is 4.57 Å². The van der Waals surface area contributed by atoms with Gasteiger partial charge in [0.25, 0.3) is 0 Å². The Morgan fingerprint density at radius 1 is 1.33 bits per heavy atom. The zero-order valence-corrected chi connectivity index (χ0v) is 14.6. The Labute approximate surface area is 140 Å². The normalized spacial score (nSPS) is 19.9. The van der Waals surface area contributed by atoms with Crippen molar-refractivity contribution in [3.63, 3.8) is 0 Å². The number of hydrogen-bond donors (Lipinski definition) is 2. The predicted molar refractivity (Wildman–Crippen MR) is 87.6 cm³/mol. The number of hydrogen-bond acceptors (Lipinski definition) is 5. The molecule has 2 atom stereocenters. The number of nitrogens with zero attached hydrogens (tertiary/aromatic N) is 1. The van der Waals surface area contributed by atoms with Crippen molar-refractivity contribution in [1.82, 2.24) is 4.90 Å². The molecule has 0 spiro atoms. The Kier molecular flexibility index (Phi) is 5.93. The average Bonchev–Trinajstić information content (AvgIpc) is 2.92. The standard InChI is InChI=1S/C16H22NO6P/c1-11(15(18)16(19)14-4-3-9-17(14)2)10-12-5-7-13(8-6-12)23-24(20,21)22/h5-8,11,14H,3-4,9-10H2,1-2H3,(H2,20,21,22)/t11?,14-/m0/s1. The topological polar surface area (TPSA) is 104 Å². The van der Waals surface area contributed by atoms with E-state index in [0.29, 0.717) is 6.42 Å². The minimum atomic E-state index is -4.58. The van der Waals surface area contributed by atoms with E-state index in [2.05, 4.69) is 4.52 Å². The molecule has 0 radical (unpaired) electrons. The van der Waals surface area contributed by atoms with Crippen LogP contribution in [-0.2, 0) is 20.6 Å². The number of ketones is 2. The van der Waals surface area contributed by atoms with Crippen LogP contribution in [0.15, 0.2) is 24.3 Å². The van der Waals surface area contributed by atoms with E-state index in [1.54, 1.807) is 19.1 Å². The van der Waals surface area contributed by atoms with Crippen molar-refractivity contribution in [3.05, 3.63) is 29.8 Å². The van der Waals surface area contributed by atoms with Gasteiger partial charge >= 0.3 is 7.82 Å². The Morgan fingerprint density at radius 3 is 2.46 bits per heavy atom. The highest BCUT2D eigenvalue weighted by molar-refractivity contribution is 7.46. The second kappa shape index (κ2) is 7.57. The minimum Gasteiger partial charge on any atom is -0.404 e. The van der Waals surface area contributed by atoms with E-state index < -0.39 is 13.7 Å². The van der Waals surface area contributed by atoms with Crippen molar-refractivity contribution < 1.29 is 28.5 Å². The molecular formula is C16H22NO6P. The first-order valence-corrected chi connectivity index (χ1v) is 9.33. The molecule has 1 aromatic rings. The molecule has 0 aliphatic carbocycles. The fourth-order valence-corrected chi connectivity index (χ4v) is 3.31. The number of likely N-dealkylation sites (N-methyl/N-ethyl adjacent to an activating group) is 1. The van der Waals surface area contributed by atoms with Gasteiger partial charge in [0, 0.05) is 5.92 Å². The summed E-state index contributed by atoms with van der Waals surface area (Å²) in [5.74, 6) is -1.09. The Balaban J connectivity index is 1.96. The first-order chi connectivity index (χ1) is 11.2. The fourth-order valence-electron chi connectivity index (χ4n) is 2.92. The summed E-state index contributed by atoms with van der Waals surface area (Å²) < 4.78 is 15.2. The maximum Gasteiger partial charge on any atom is 0.524 e. The smallest absolute Gasteiger partial charge is 0.404 e. The lowest BCUT2D eigenvalue weighted by Gasteiger charge is -2.19.